The van der Waals surface area contributed by atoms with E-state index in [9.17, 15) is 18.3 Å². The fourth-order valence-electron chi connectivity index (χ4n) is 2.91. The lowest BCUT2D eigenvalue weighted by molar-refractivity contribution is -0.223. The van der Waals surface area contributed by atoms with Crippen LogP contribution in [0.5, 0.6) is 0 Å². The zero-order valence-electron chi connectivity index (χ0n) is 13.1. The molecule has 1 fully saturated rings. The van der Waals surface area contributed by atoms with Gasteiger partial charge in [0.05, 0.1) is 0 Å². The minimum atomic E-state index is -4.49. The van der Waals surface area contributed by atoms with Gasteiger partial charge in [-0.15, -0.1) is 0 Å². The molecule has 0 radical (unpaired) electrons. The van der Waals surface area contributed by atoms with Gasteiger partial charge in [-0.2, -0.15) is 24.9 Å². The molecule has 6 heteroatoms. The Morgan fingerprint density at radius 1 is 1.17 bits per heavy atom. The molecule has 0 bridgehead atoms. The van der Waals surface area contributed by atoms with Crippen molar-refractivity contribution in [3.63, 3.8) is 0 Å². The molecule has 1 heterocycles. The third kappa shape index (κ3) is 6.36. The summed E-state index contributed by atoms with van der Waals surface area (Å²) in [6, 6.07) is 10.3. The SMILES string of the molecule is OC(C1CCN(CCCSCc2ccccc2)CC1)C(F)(F)F. The maximum Gasteiger partial charge on any atom is 0.414 e. The van der Waals surface area contributed by atoms with Crippen LogP contribution in [-0.4, -0.2) is 47.7 Å². The van der Waals surface area contributed by atoms with Crippen molar-refractivity contribution < 1.29 is 18.3 Å². The van der Waals surface area contributed by atoms with Crippen LogP contribution in [0.2, 0.25) is 0 Å². The van der Waals surface area contributed by atoms with Crippen LogP contribution in [0.1, 0.15) is 24.8 Å². The maximum absolute atomic E-state index is 12.5. The summed E-state index contributed by atoms with van der Waals surface area (Å²) in [7, 11) is 0. The second kappa shape index (κ2) is 8.94. The maximum atomic E-state index is 12.5. The van der Waals surface area contributed by atoms with Crippen LogP contribution >= 0.6 is 11.8 Å². The molecule has 1 atom stereocenters. The molecule has 1 saturated heterocycles. The van der Waals surface area contributed by atoms with Crippen LogP contribution in [-0.2, 0) is 5.75 Å². The molecule has 0 aromatic heterocycles. The van der Waals surface area contributed by atoms with Gasteiger partial charge in [0.25, 0.3) is 0 Å². The molecule has 0 aliphatic carbocycles. The quantitative estimate of drug-likeness (QED) is 0.756. The number of thioether (sulfide) groups is 1. The summed E-state index contributed by atoms with van der Waals surface area (Å²) < 4.78 is 37.5. The van der Waals surface area contributed by atoms with Crippen molar-refractivity contribution in [2.45, 2.75) is 37.3 Å². The molecule has 0 saturated carbocycles. The van der Waals surface area contributed by atoms with Crippen molar-refractivity contribution in [3.05, 3.63) is 35.9 Å². The number of hydrogen-bond donors (Lipinski definition) is 1. The molecular formula is C17H24F3NOS. The molecule has 1 unspecified atom stereocenters. The van der Waals surface area contributed by atoms with E-state index in [0.717, 1.165) is 24.5 Å². The van der Waals surface area contributed by atoms with Crippen LogP contribution in [0.4, 0.5) is 13.2 Å². The highest BCUT2D eigenvalue weighted by atomic mass is 32.2. The highest BCUT2D eigenvalue weighted by molar-refractivity contribution is 7.98. The Balaban J connectivity index is 1.56. The first-order valence-electron chi connectivity index (χ1n) is 8.05. The summed E-state index contributed by atoms with van der Waals surface area (Å²) in [6.07, 6.45) is -4.74. The number of hydrogen-bond acceptors (Lipinski definition) is 3. The predicted octanol–water partition coefficient (Wildman–Crippen LogP) is 3.95. The Labute approximate surface area is 140 Å². The number of benzene rings is 1. The van der Waals surface area contributed by atoms with Crippen molar-refractivity contribution >= 4 is 11.8 Å². The minimum absolute atomic E-state index is 0.428. The van der Waals surface area contributed by atoms with E-state index in [1.165, 1.54) is 5.56 Å². The van der Waals surface area contributed by atoms with E-state index < -0.39 is 18.2 Å². The van der Waals surface area contributed by atoms with Gasteiger partial charge in [0, 0.05) is 5.75 Å². The van der Waals surface area contributed by atoms with Crippen LogP contribution < -0.4 is 0 Å². The minimum Gasteiger partial charge on any atom is -0.383 e. The third-order valence-electron chi connectivity index (χ3n) is 4.29. The number of aliphatic hydroxyl groups excluding tert-OH is 1. The lowest BCUT2D eigenvalue weighted by Gasteiger charge is -2.34. The van der Waals surface area contributed by atoms with Gasteiger partial charge >= 0.3 is 6.18 Å². The Morgan fingerprint density at radius 3 is 2.43 bits per heavy atom. The molecule has 130 valence electrons. The van der Waals surface area contributed by atoms with Gasteiger partial charge in [0.1, 0.15) is 0 Å². The van der Waals surface area contributed by atoms with E-state index in [1.807, 2.05) is 30.0 Å². The van der Waals surface area contributed by atoms with Gasteiger partial charge in [-0.1, -0.05) is 30.3 Å². The van der Waals surface area contributed by atoms with Crippen LogP contribution in [0.15, 0.2) is 30.3 Å². The van der Waals surface area contributed by atoms with Gasteiger partial charge in [0.2, 0.25) is 0 Å². The number of likely N-dealkylation sites (tertiary alicyclic amines) is 1. The highest BCUT2D eigenvalue weighted by Crippen LogP contribution is 2.31. The Hall–Kier alpha value is -0.720. The molecule has 0 amide bonds. The van der Waals surface area contributed by atoms with Crippen LogP contribution in [0.25, 0.3) is 0 Å². The standard InChI is InChI=1S/C17H24F3NOS/c18-17(19,20)16(22)15-7-10-21(11-8-15)9-4-12-23-13-14-5-2-1-3-6-14/h1-3,5-6,15-16,22H,4,7-13H2. The summed E-state index contributed by atoms with van der Waals surface area (Å²) in [6.45, 7) is 2.24. The molecule has 1 aliphatic heterocycles. The largest absolute Gasteiger partial charge is 0.414 e. The molecule has 1 aliphatic rings. The van der Waals surface area contributed by atoms with E-state index in [4.69, 9.17) is 0 Å². The number of alkyl halides is 3. The molecule has 1 aromatic rings. The van der Waals surface area contributed by atoms with E-state index in [-0.39, 0.29) is 0 Å². The van der Waals surface area contributed by atoms with E-state index in [2.05, 4.69) is 17.0 Å². The van der Waals surface area contributed by atoms with Gasteiger partial charge in [-0.05, 0) is 56.1 Å². The van der Waals surface area contributed by atoms with Crippen molar-refractivity contribution in [1.82, 2.24) is 4.90 Å². The molecular weight excluding hydrogens is 323 g/mol. The Bertz CT molecular complexity index is 447. The highest BCUT2D eigenvalue weighted by Gasteiger charge is 2.43. The molecule has 1 N–H and O–H groups in total. The number of piperidine rings is 1. The summed E-state index contributed by atoms with van der Waals surface area (Å²) in [4.78, 5) is 2.21. The Morgan fingerprint density at radius 2 is 1.83 bits per heavy atom. The average molecular weight is 347 g/mol. The normalized spacial score (nSPS) is 19.0. The predicted molar refractivity (Wildman–Crippen MR) is 88.4 cm³/mol. The smallest absolute Gasteiger partial charge is 0.383 e. The van der Waals surface area contributed by atoms with E-state index in [0.29, 0.717) is 25.9 Å². The lowest BCUT2D eigenvalue weighted by Crippen LogP contribution is -2.43. The molecule has 1 aromatic carbocycles. The van der Waals surface area contributed by atoms with Gasteiger partial charge < -0.3 is 10.0 Å². The number of halogens is 3. The molecule has 2 rings (SSSR count). The third-order valence-corrected chi connectivity index (χ3v) is 5.40. The average Bonchev–Trinajstić information content (AvgIpc) is 2.54. The zero-order valence-corrected chi connectivity index (χ0v) is 14.0. The summed E-state index contributed by atoms with van der Waals surface area (Å²) in [5, 5.41) is 9.30. The summed E-state index contributed by atoms with van der Waals surface area (Å²) >= 11 is 1.89. The van der Waals surface area contributed by atoms with Crippen LogP contribution in [0, 0.1) is 5.92 Å². The Kier molecular flexibility index (Phi) is 7.24. The number of aliphatic hydroxyl groups is 1. The first kappa shape index (κ1) is 18.6. The van der Waals surface area contributed by atoms with E-state index in [1.54, 1.807) is 0 Å². The van der Waals surface area contributed by atoms with E-state index >= 15 is 0 Å². The van der Waals surface area contributed by atoms with Crippen molar-refractivity contribution in [1.29, 1.82) is 0 Å². The zero-order chi connectivity index (χ0) is 16.7. The monoisotopic (exact) mass is 347 g/mol. The molecule has 0 spiro atoms. The second-order valence-electron chi connectivity index (χ2n) is 6.06. The summed E-state index contributed by atoms with van der Waals surface area (Å²) in [5.74, 6) is 1.42. The van der Waals surface area contributed by atoms with Crippen LogP contribution in [0.3, 0.4) is 0 Å². The van der Waals surface area contributed by atoms with Gasteiger partial charge in [-0.25, -0.2) is 0 Å². The molecule has 23 heavy (non-hydrogen) atoms. The second-order valence-corrected chi connectivity index (χ2v) is 7.16. The van der Waals surface area contributed by atoms with Gasteiger partial charge in [-0.3, -0.25) is 0 Å². The van der Waals surface area contributed by atoms with Crippen molar-refractivity contribution in [2.75, 3.05) is 25.4 Å². The topological polar surface area (TPSA) is 23.5 Å². The first-order valence-corrected chi connectivity index (χ1v) is 9.21. The van der Waals surface area contributed by atoms with Crippen molar-refractivity contribution in [3.8, 4) is 0 Å². The lowest BCUT2D eigenvalue weighted by atomic mass is 9.91. The first-order chi connectivity index (χ1) is 11.0. The number of nitrogens with zero attached hydrogens (tertiary/aromatic N) is 1. The van der Waals surface area contributed by atoms with Gasteiger partial charge in [0.15, 0.2) is 6.10 Å². The van der Waals surface area contributed by atoms with Crippen molar-refractivity contribution in [2.24, 2.45) is 5.92 Å². The fraction of sp³-hybridized carbons (Fsp3) is 0.647. The molecule has 2 nitrogen and oxygen atoms in total. The number of rotatable bonds is 7. The summed E-state index contributed by atoms with van der Waals surface area (Å²) in [5.41, 5.74) is 1.32. The fourth-order valence-corrected chi connectivity index (χ4v) is 3.82.